The lowest BCUT2D eigenvalue weighted by atomic mass is 9.84. The van der Waals surface area contributed by atoms with E-state index in [1.54, 1.807) is 0 Å². The van der Waals surface area contributed by atoms with Gasteiger partial charge in [0.15, 0.2) is 11.5 Å². The van der Waals surface area contributed by atoms with Crippen LogP contribution in [0.15, 0.2) is 42.5 Å². The molecule has 2 aromatic rings. The Hall–Kier alpha value is -2.49. The van der Waals surface area contributed by atoms with Crippen LogP contribution in [0.25, 0.3) is 0 Å². The number of ether oxygens (including phenoxy) is 2. The van der Waals surface area contributed by atoms with Crippen LogP contribution in [0, 0.1) is 0 Å². The van der Waals surface area contributed by atoms with Gasteiger partial charge in [-0.2, -0.15) is 0 Å². The van der Waals surface area contributed by atoms with Gasteiger partial charge >= 0.3 is 0 Å². The number of fused-ring (bicyclic) bond motifs is 1. The standard InChI is InChI=1S/C24H31NO3/c1-5-6-18(17-7-9-19(10-8-17)24(2,3)4)15-23(26)25-20-11-12-21-22(16-20)28-14-13-27-21/h7-12,16,18H,5-6,13-15H2,1-4H3,(H,25,26). The summed E-state index contributed by atoms with van der Waals surface area (Å²) in [6, 6.07) is 14.3. The third-order valence-electron chi connectivity index (χ3n) is 5.14. The molecule has 0 aliphatic carbocycles. The second-order valence-corrected chi connectivity index (χ2v) is 8.47. The Kier molecular flexibility index (Phi) is 6.28. The van der Waals surface area contributed by atoms with E-state index >= 15 is 0 Å². The number of carbonyl (C=O) groups excluding carboxylic acids is 1. The van der Waals surface area contributed by atoms with Gasteiger partial charge in [0.1, 0.15) is 13.2 Å². The Balaban J connectivity index is 1.67. The van der Waals surface area contributed by atoms with Gasteiger partial charge in [0.2, 0.25) is 5.91 Å². The van der Waals surface area contributed by atoms with Crippen LogP contribution >= 0.6 is 0 Å². The van der Waals surface area contributed by atoms with Gasteiger partial charge in [-0.1, -0.05) is 58.4 Å². The molecule has 1 unspecified atom stereocenters. The molecule has 4 nitrogen and oxygen atoms in total. The van der Waals surface area contributed by atoms with E-state index in [1.807, 2.05) is 18.2 Å². The first kappa shape index (κ1) is 20.2. The van der Waals surface area contributed by atoms with Gasteiger partial charge in [0.05, 0.1) is 0 Å². The number of anilines is 1. The summed E-state index contributed by atoms with van der Waals surface area (Å²) in [5, 5.41) is 3.01. The Morgan fingerprint density at radius 3 is 2.36 bits per heavy atom. The van der Waals surface area contributed by atoms with Crippen molar-refractivity contribution in [1.29, 1.82) is 0 Å². The van der Waals surface area contributed by atoms with Gasteiger partial charge in [-0.3, -0.25) is 4.79 Å². The van der Waals surface area contributed by atoms with Crippen LogP contribution in [-0.4, -0.2) is 19.1 Å². The SMILES string of the molecule is CCCC(CC(=O)Nc1ccc2c(c1)OCCO2)c1ccc(C(C)(C)C)cc1. The van der Waals surface area contributed by atoms with E-state index in [-0.39, 0.29) is 17.2 Å². The van der Waals surface area contributed by atoms with E-state index in [0.717, 1.165) is 24.3 Å². The van der Waals surface area contributed by atoms with Crippen molar-refractivity contribution >= 4 is 11.6 Å². The van der Waals surface area contributed by atoms with E-state index in [1.165, 1.54) is 11.1 Å². The van der Waals surface area contributed by atoms with Gasteiger partial charge in [-0.15, -0.1) is 0 Å². The highest BCUT2D eigenvalue weighted by molar-refractivity contribution is 5.91. The predicted molar refractivity (Wildman–Crippen MR) is 113 cm³/mol. The summed E-state index contributed by atoms with van der Waals surface area (Å²) in [4.78, 5) is 12.7. The minimum Gasteiger partial charge on any atom is -0.486 e. The molecule has 1 heterocycles. The van der Waals surface area contributed by atoms with E-state index in [9.17, 15) is 4.79 Å². The van der Waals surface area contributed by atoms with Crippen LogP contribution in [0.2, 0.25) is 0 Å². The smallest absolute Gasteiger partial charge is 0.224 e. The Bertz CT molecular complexity index is 806. The number of carbonyl (C=O) groups is 1. The van der Waals surface area contributed by atoms with E-state index < -0.39 is 0 Å². The lowest BCUT2D eigenvalue weighted by molar-refractivity contribution is -0.116. The van der Waals surface area contributed by atoms with Crippen molar-refractivity contribution < 1.29 is 14.3 Å². The maximum atomic E-state index is 12.7. The van der Waals surface area contributed by atoms with Crippen LogP contribution in [-0.2, 0) is 10.2 Å². The zero-order valence-electron chi connectivity index (χ0n) is 17.4. The number of rotatable bonds is 6. The third kappa shape index (κ3) is 5.06. The molecule has 1 amide bonds. The second kappa shape index (κ2) is 8.68. The maximum Gasteiger partial charge on any atom is 0.224 e. The predicted octanol–water partition coefficient (Wildman–Crippen LogP) is 5.67. The van der Waals surface area contributed by atoms with Crippen LogP contribution in [0.3, 0.4) is 0 Å². The quantitative estimate of drug-likeness (QED) is 0.701. The van der Waals surface area contributed by atoms with Crippen LogP contribution in [0.1, 0.15) is 64.0 Å². The molecule has 1 N–H and O–H groups in total. The summed E-state index contributed by atoms with van der Waals surface area (Å²) >= 11 is 0. The second-order valence-electron chi connectivity index (χ2n) is 8.47. The summed E-state index contributed by atoms with van der Waals surface area (Å²) < 4.78 is 11.1. The average molecular weight is 382 g/mol. The fraction of sp³-hybridized carbons (Fsp3) is 0.458. The zero-order valence-corrected chi connectivity index (χ0v) is 17.4. The summed E-state index contributed by atoms with van der Waals surface area (Å²) in [5.74, 6) is 1.66. The maximum absolute atomic E-state index is 12.7. The number of nitrogens with one attached hydrogen (secondary N) is 1. The Morgan fingerprint density at radius 2 is 1.71 bits per heavy atom. The largest absolute Gasteiger partial charge is 0.486 e. The van der Waals surface area contributed by atoms with Gasteiger partial charge in [-0.25, -0.2) is 0 Å². The minimum atomic E-state index is 0.0232. The van der Waals surface area contributed by atoms with Crippen molar-refractivity contribution in [2.45, 2.75) is 58.3 Å². The third-order valence-corrected chi connectivity index (χ3v) is 5.14. The van der Waals surface area contributed by atoms with Gasteiger partial charge in [-0.05, 0) is 41.0 Å². The Morgan fingerprint density at radius 1 is 1.04 bits per heavy atom. The number of hydrogen-bond donors (Lipinski definition) is 1. The number of benzene rings is 2. The first-order valence-electron chi connectivity index (χ1n) is 10.2. The molecular weight excluding hydrogens is 350 g/mol. The van der Waals surface area contributed by atoms with Crippen LogP contribution in [0.4, 0.5) is 5.69 Å². The van der Waals surface area contributed by atoms with Crippen molar-refractivity contribution in [1.82, 2.24) is 0 Å². The molecule has 1 atom stereocenters. The normalized spacial score (nSPS) is 14.4. The molecule has 0 aromatic heterocycles. The van der Waals surface area contributed by atoms with Gasteiger partial charge in [0.25, 0.3) is 0 Å². The van der Waals surface area contributed by atoms with Crippen molar-refractivity contribution in [2.75, 3.05) is 18.5 Å². The molecule has 28 heavy (non-hydrogen) atoms. The highest BCUT2D eigenvalue weighted by atomic mass is 16.6. The Labute approximate surface area is 168 Å². The molecule has 3 rings (SSSR count). The monoisotopic (exact) mass is 381 g/mol. The first-order valence-corrected chi connectivity index (χ1v) is 10.2. The van der Waals surface area contributed by atoms with E-state index in [0.29, 0.717) is 25.4 Å². The molecule has 0 radical (unpaired) electrons. The van der Waals surface area contributed by atoms with Crippen LogP contribution < -0.4 is 14.8 Å². The average Bonchev–Trinajstić information content (AvgIpc) is 2.67. The summed E-state index contributed by atoms with van der Waals surface area (Å²) in [5.41, 5.74) is 3.42. The summed E-state index contributed by atoms with van der Waals surface area (Å²) in [6.45, 7) is 9.90. The zero-order chi connectivity index (χ0) is 20.1. The van der Waals surface area contributed by atoms with Gasteiger partial charge in [0, 0.05) is 18.2 Å². The van der Waals surface area contributed by atoms with Crippen molar-refractivity contribution in [3.63, 3.8) is 0 Å². The molecule has 150 valence electrons. The molecule has 0 spiro atoms. The molecular formula is C24H31NO3. The molecule has 0 saturated carbocycles. The van der Waals surface area contributed by atoms with Gasteiger partial charge < -0.3 is 14.8 Å². The minimum absolute atomic E-state index is 0.0232. The summed E-state index contributed by atoms with van der Waals surface area (Å²) in [7, 11) is 0. The van der Waals surface area contributed by atoms with Crippen LogP contribution in [0.5, 0.6) is 11.5 Å². The molecule has 2 aromatic carbocycles. The topological polar surface area (TPSA) is 47.6 Å². The fourth-order valence-corrected chi connectivity index (χ4v) is 3.55. The van der Waals surface area contributed by atoms with Crippen molar-refractivity contribution in [3.05, 3.63) is 53.6 Å². The molecule has 0 saturated heterocycles. The lowest BCUT2D eigenvalue weighted by Crippen LogP contribution is -2.18. The first-order chi connectivity index (χ1) is 13.4. The molecule has 0 bridgehead atoms. The van der Waals surface area contributed by atoms with E-state index in [4.69, 9.17) is 9.47 Å². The molecule has 1 aliphatic heterocycles. The fourth-order valence-electron chi connectivity index (χ4n) is 3.55. The highest BCUT2D eigenvalue weighted by Gasteiger charge is 2.19. The number of amides is 1. The van der Waals surface area contributed by atoms with Crippen molar-refractivity contribution in [3.8, 4) is 11.5 Å². The molecule has 4 heteroatoms. The lowest BCUT2D eigenvalue weighted by Gasteiger charge is -2.22. The summed E-state index contributed by atoms with van der Waals surface area (Å²) in [6.07, 6.45) is 2.50. The molecule has 1 aliphatic rings. The number of hydrogen-bond acceptors (Lipinski definition) is 3. The van der Waals surface area contributed by atoms with E-state index in [2.05, 4.69) is 57.3 Å². The molecule has 0 fully saturated rings. The van der Waals surface area contributed by atoms with Crippen molar-refractivity contribution in [2.24, 2.45) is 0 Å². The highest BCUT2D eigenvalue weighted by Crippen LogP contribution is 2.33.